The average molecular weight is 219 g/mol. The van der Waals surface area contributed by atoms with Gasteiger partial charge in [-0.2, -0.15) is 0 Å². The molecule has 16 heavy (non-hydrogen) atoms. The van der Waals surface area contributed by atoms with Crippen molar-refractivity contribution in [1.29, 1.82) is 0 Å². The maximum Gasteiger partial charge on any atom is 0.131 e. The van der Waals surface area contributed by atoms with E-state index in [1.165, 1.54) is 22.3 Å². The zero-order valence-corrected chi connectivity index (χ0v) is 10.8. The quantitative estimate of drug-likeness (QED) is 0.849. The van der Waals surface area contributed by atoms with E-state index in [-0.39, 0.29) is 11.8 Å². The molecule has 0 saturated carbocycles. The first-order valence-electron chi connectivity index (χ1n) is 5.67. The molecule has 0 heterocycles. The Morgan fingerprint density at radius 3 is 2.00 bits per heavy atom. The standard InChI is InChI=1S/C14H21NO/c1-8-6-9(2)12(5)14(11(8)4)13(15)7-10(3)16/h6,13H,7,15H2,1-5H3. The molecule has 0 saturated heterocycles. The summed E-state index contributed by atoms with van der Waals surface area (Å²) < 4.78 is 0. The van der Waals surface area contributed by atoms with Crippen molar-refractivity contribution in [2.24, 2.45) is 5.73 Å². The molecule has 2 nitrogen and oxygen atoms in total. The molecular weight excluding hydrogens is 198 g/mol. The number of ketones is 1. The van der Waals surface area contributed by atoms with Gasteiger partial charge in [0.1, 0.15) is 5.78 Å². The molecule has 1 aromatic rings. The molecule has 2 heteroatoms. The lowest BCUT2D eigenvalue weighted by atomic mass is 9.88. The van der Waals surface area contributed by atoms with Crippen LogP contribution in [0.25, 0.3) is 0 Å². The maximum absolute atomic E-state index is 11.1. The third kappa shape index (κ3) is 2.50. The van der Waals surface area contributed by atoms with Gasteiger partial charge in [0, 0.05) is 12.5 Å². The fraction of sp³-hybridized carbons (Fsp3) is 0.500. The normalized spacial score (nSPS) is 12.6. The minimum atomic E-state index is -0.170. The van der Waals surface area contributed by atoms with Crippen LogP contribution in [0.2, 0.25) is 0 Å². The van der Waals surface area contributed by atoms with E-state index in [0.717, 1.165) is 5.56 Å². The molecule has 1 rings (SSSR count). The van der Waals surface area contributed by atoms with Crippen LogP contribution in [0.3, 0.4) is 0 Å². The van der Waals surface area contributed by atoms with Gasteiger partial charge < -0.3 is 5.73 Å². The van der Waals surface area contributed by atoms with E-state index in [4.69, 9.17) is 5.73 Å². The summed E-state index contributed by atoms with van der Waals surface area (Å²) in [5.41, 5.74) is 12.2. The van der Waals surface area contributed by atoms with Gasteiger partial charge in [-0.05, 0) is 62.4 Å². The summed E-state index contributed by atoms with van der Waals surface area (Å²) in [6.07, 6.45) is 0.421. The summed E-state index contributed by atoms with van der Waals surface area (Å²) >= 11 is 0. The van der Waals surface area contributed by atoms with E-state index in [1.807, 2.05) is 0 Å². The molecule has 0 aliphatic carbocycles. The highest BCUT2D eigenvalue weighted by Gasteiger charge is 2.16. The smallest absolute Gasteiger partial charge is 0.131 e. The highest BCUT2D eigenvalue weighted by molar-refractivity contribution is 5.76. The van der Waals surface area contributed by atoms with Gasteiger partial charge in [-0.15, -0.1) is 0 Å². The Kier molecular flexibility index (Phi) is 3.87. The number of hydrogen-bond acceptors (Lipinski definition) is 2. The molecule has 0 spiro atoms. The van der Waals surface area contributed by atoms with Gasteiger partial charge in [0.15, 0.2) is 0 Å². The minimum absolute atomic E-state index is 0.144. The number of aryl methyl sites for hydroxylation is 2. The molecule has 0 fully saturated rings. The van der Waals surface area contributed by atoms with E-state index in [1.54, 1.807) is 6.92 Å². The lowest BCUT2D eigenvalue weighted by Crippen LogP contribution is -2.17. The Balaban J connectivity index is 3.26. The third-order valence-corrected chi connectivity index (χ3v) is 3.30. The number of nitrogens with two attached hydrogens (primary N) is 1. The van der Waals surface area contributed by atoms with Gasteiger partial charge in [0.2, 0.25) is 0 Å². The van der Waals surface area contributed by atoms with E-state index < -0.39 is 0 Å². The molecule has 1 aromatic carbocycles. The number of rotatable bonds is 3. The average Bonchev–Trinajstić information content (AvgIpc) is 2.14. The first-order chi connectivity index (χ1) is 7.34. The summed E-state index contributed by atoms with van der Waals surface area (Å²) in [6, 6.07) is 2.00. The zero-order chi connectivity index (χ0) is 12.5. The van der Waals surface area contributed by atoms with Crippen molar-refractivity contribution < 1.29 is 4.79 Å². The largest absolute Gasteiger partial charge is 0.324 e. The number of carbonyl (C=O) groups excluding carboxylic acids is 1. The molecule has 88 valence electrons. The Morgan fingerprint density at radius 2 is 1.62 bits per heavy atom. The Bertz CT molecular complexity index is 395. The van der Waals surface area contributed by atoms with E-state index >= 15 is 0 Å². The molecule has 0 radical (unpaired) electrons. The lowest BCUT2D eigenvalue weighted by Gasteiger charge is -2.20. The van der Waals surface area contributed by atoms with Crippen molar-refractivity contribution in [3.8, 4) is 0 Å². The maximum atomic E-state index is 11.1. The van der Waals surface area contributed by atoms with Gasteiger partial charge in [-0.1, -0.05) is 6.07 Å². The van der Waals surface area contributed by atoms with Crippen molar-refractivity contribution in [3.05, 3.63) is 33.9 Å². The molecule has 0 amide bonds. The Morgan fingerprint density at radius 1 is 1.19 bits per heavy atom. The van der Waals surface area contributed by atoms with E-state index in [0.29, 0.717) is 6.42 Å². The summed E-state index contributed by atoms with van der Waals surface area (Å²) in [5.74, 6) is 0.144. The minimum Gasteiger partial charge on any atom is -0.324 e. The first-order valence-corrected chi connectivity index (χ1v) is 5.67. The van der Waals surface area contributed by atoms with Crippen LogP contribution in [0.15, 0.2) is 6.07 Å². The van der Waals surface area contributed by atoms with Crippen LogP contribution in [0.4, 0.5) is 0 Å². The van der Waals surface area contributed by atoms with E-state index in [2.05, 4.69) is 33.8 Å². The second-order valence-corrected chi connectivity index (χ2v) is 4.69. The van der Waals surface area contributed by atoms with Crippen molar-refractivity contribution in [1.82, 2.24) is 0 Å². The summed E-state index contributed by atoms with van der Waals surface area (Å²) in [4.78, 5) is 11.1. The number of Topliss-reactive ketones (excluding diaryl/α,β-unsaturated/α-hetero) is 1. The van der Waals surface area contributed by atoms with Crippen molar-refractivity contribution in [3.63, 3.8) is 0 Å². The van der Waals surface area contributed by atoms with Crippen LogP contribution < -0.4 is 5.73 Å². The topological polar surface area (TPSA) is 43.1 Å². The summed E-state index contributed by atoms with van der Waals surface area (Å²) in [5, 5.41) is 0. The predicted molar refractivity (Wildman–Crippen MR) is 67.6 cm³/mol. The lowest BCUT2D eigenvalue weighted by molar-refractivity contribution is -0.117. The van der Waals surface area contributed by atoms with Gasteiger partial charge in [-0.3, -0.25) is 4.79 Å². The van der Waals surface area contributed by atoms with Crippen LogP contribution in [-0.4, -0.2) is 5.78 Å². The molecule has 0 aliphatic rings. The van der Waals surface area contributed by atoms with Gasteiger partial charge in [0.25, 0.3) is 0 Å². The predicted octanol–water partition coefficient (Wildman–Crippen LogP) is 2.90. The van der Waals surface area contributed by atoms with Crippen LogP contribution >= 0.6 is 0 Å². The van der Waals surface area contributed by atoms with E-state index in [9.17, 15) is 4.79 Å². The molecule has 1 atom stereocenters. The fourth-order valence-electron chi connectivity index (χ4n) is 2.22. The fourth-order valence-corrected chi connectivity index (χ4v) is 2.22. The number of carbonyl (C=O) groups is 1. The molecule has 0 aliphatic heterocycles. The second-order valence-electron chi connectivity index (χ2n) is 4.69. The molecular formula is C14H21NO. The van der Waals surface area contributed by atoms with Gasteiger partial charge in [0.05, 0.1) is 0 Å². The molecule has 0 bridgehead atoms. The second kappa shape index (κ2) is 4.79. The van der Waals surface area contributed by atoms with Crippen molar-refractivity contribution >= 4 is 5.78 Å². The molecule has 1 unspecified atom stereocenters. The Labute approximate surface area is 97.9 Å². The summed E-state index contributed by atoms with van der Waals surface area (Å²) in [6.45, 7) is 9.93. The number of benzene rings is 1. The van der Waals surface area contributed by atoms with Gasteiger partial charge >= 0.3 is 0 Å². The van der Waals surface area contributed by atoms with Gasteiger partial charge in [-0.25, -0.2) is 0 Å². The summed E-state index contributed by atoms with van der Waals surface area (Å²) in [7, 11) is 0. The highest BCUT2D eigenvalue weighted by atomic mass is 16.1. The SMILES string of the molecule is CC(=O)CC(N)c1c(C)c(C)cc(C)c1C. The van der Waals surface area contributed by atoms with Crippen LogP contribution in [0.1, 0.15) is 47.2 Å². The number of hydrogen-bond donors (Lipinski definition) is 1. The first kappa shape index (κ1) is 12.9. The third-order valence-electron chi connectivity index (χ3n) is 3.30. The monoisotopic (exact) mass is 219 g/mol. The molecule has 0 aromatic heterocycles. The zero-order valence-electron chi connectivity index (χ0n) is 10.8. The Hall–Kier alpha value is -1.15. The van der Waals surface area contributed by atoms with Crippen LogP contribution in [0, 0.1) is 27.7 Å². The highest BCUT2D eigenvalue weighted by Crippen LogP contribution is 2.27. The van der Waals surface area contributed by atoms with Crippen molar-refractivity contribution in [2.75, 3.05) is 0 Å². The van der Waals surface area contributed by atoms with Crippen LogP contribution in [-0.2, 0) is 4.79 Å². The van der Waals surface area contributed by atoms with Crippen molar-refractivity contribution in [2.45, 2.75) is 47.1 Å². The van der Waals surface area contributed by atoms with Crippen LogP contribution in [0.5, 0.6) is 0 Å². The molecule has 2 N–H and O–H groups in total.